The number of imidazole rings is 1. The SMILES string of the molecule is C=CCn1c(=O)c2[nH]c(-c3cc(OCC(=O)N4CCN(c5ncccn5)CC4)nn3C)nc2n(CC=C)c1=O. The molecule has 39 heavy (non-hydrogen) atoms. The Morgan fingerprint density at radius 2 is 1.77 bits per heavy atom. The van der Waals surface area contributed by atoms with Gasteiger partial charge in [0.15, 0.2) is 18.1 Å². The standard InChI is InChI=1S/C25H28N10O4/c1-4-9-34-22-20(23(37)35(10-5-2)25(34)38)28-21(29-22)17-15-18(30-31(17)3)39-16-19(36)32-11-13-33(14-12-32)24-26-7-6-8-27-24/h4-8,15H,1-2,9-14,16H2,3H3,(H,28,29). The highest BCUT2D eigenvalue weighted by Gasteiger charge is 2.24. The van der Waals surface area contributed by atoms with Crippen molar-refractivity contribution in [3.05, 3.63) is 70.7 Å². The van der Waals surface area contributed by atoms with E-state index >= 15 is 0 Å². The monoisotopic (exact) mass is 532 g/mol. The third-order valence-corrected chi connectivity index (χ3v) is 6.40. The summed E-state index contributed by atoms with van der Waals surface area (Å²) >= 11 is 0. The van der Waals surface area contributed by atoms with E-state index < -0.39 is 11.2 Å². The number of carbonyl (C=O) groups excluding carboxylic acids is 1. The summed E-state index contributed by atoms with van der Waals surface area (Å²) in [5.74, 6) is 1.04. The van der Waals surface area contributed by atoms with Gasteiger partial charge >= 0.3 is 5.69 Å². The maximum Gasteiger partial charge on any atom is 0.333 e. The van der Waals surface area contributed by atoms with Gasteiger partial charge in [-0.3, -0.25) is 23.4 Å². The van der Waals surface area contributed by atoms with E-state index in [0.29, 0.717) is 43.6 Å². The molecule has 1 saturated heterocycles. The van der Waals surface area contributed by atoms with Crippen LogP contribution in [0.15, 0.2) is 59.4 Å². The lowest BCUT2D eigenvalue weighted by Crippen LogP contribution is -2.50. The lowest BCUT2D eigenvalue weighted by Gasteiger charge is -2.34. The van der Waals surface area contributed by atoms with Crippen molar-refractivity contribution in [3.8, 4) is 17.4 Å². The number of aromatic amines is 1. The highest BCUT2D eigenvalue weighted by Crippen LogP contribution is 2.22. The number of fused-ring (bicyclic) bond motifs is 1. The molecule has 0 bridgehead atoms. The molecule has 0 saturated carbocycles. The number of ether oxygens (including phenoxy) is 1. The van der Waals surface area contributed by atoms with Gasteiger partial charge in [-0.2, -0.15) is 0 Å². The van der Waals surface area contributed by atoms with Crippen molar-refractivity contribution in [1.29, 1.82) is 0 Å². The summed E-state index contributed by atoms with van der Waals surface area (Å²) in [5.41, 5.74) is -0.115. The third-order valence-electron chi connectivity index (χ3n) is 6.40. The molecule has 5 heterocycles. The summed E-state index contributed by atoms with van der Waals surface area (Å²) in [7, 11) is 1.69. The summed E-state index contributed by atoms with van der Waals surface area (Å²) in [6.07, 6.45) is 6.42. The smallest absolute Gasteiger partial charge is 0.333 e. The number of nitrogens with zero attached hydrogens (tertiary/aromatic N) is 9. The largest absolute Gasteiger partial charge is 0.466 e. The molecule has 14 nitrogen and oxygen atoms in total. The van der Waals surface area contributed by atoms with Crippen LogP contribution in [0.4, 0.5) is 5.95 Å². The van der Waals surface area contributed by atoms with Crippen LogP contribution in [-0.4, -0.2) is 82.4 Å². The Morgan fingerprint density at radius 1 is 1.08 bits per heavy atom. The molecule has 1 amide bonds. The van der Waals surface area contributed by atoms with E-state index in [2.05, 4.69) is 38.2 Å². The van der Waals surface area contributed by atoms with Crippen LogP contribution < -0.4 is 20.9 Å². The van der Waals surface area contributed by atoms with Gasteiger partial charge in [0.05, 0.1) is 0 Å². The van der Waals surface area contributed by atoms with Gasteiger partial charge in [-0.25, -0.2) is 19.7 Å². The zero-order valence-electron chi connectivity index (χ0n) is 21.5. The Kier molecular flexibility index (Phi) is 7.08. The second-order valence-corrected chi connectivity index (χ2v) is 8.87. The number of hydrogen-bond acceptors (Lipinski definition) is 9. The van der Waals surface area contributed by atoms with Crippen LogP contribution >= 0.6 is 0 Å². The molecule has 0 aliphatic carbocycles. The number of carbonyl (C=O) groups is 1. The molecule has 4 aromatic rings. The number of allylic oxidation sites excluding steroid dienone is 2. The average molecular weight is 533 g/mol. The van der Waals surface area contributed by atoms with E-state index in [1.54, 1.807) is 42.6 Å². The Morgan fingerprint density at radius 3 is 2.46 bits per heavy atom. The summed E-state index contributed by atoms with van der Waals surface area (Å²) in [4.78, 5) is 58.4. The summed E-state index contributed by atoms with van der Waals surface area (Å²) in [6, 6.07) is 3.38. The van der Waals surface area contributed by atoms with E-state index in [0.717, 1.165) is 4.57 Å². The van der Waals surface area contributed by atoms with Gasteiger partial charge in [0.1, 0.15) is 11.2 Å². The van der Waals surface area contributed by atoms with Gasteiger partial charge in [-0.15, -0.1) is 18.3 Å². The molecule has 0 radical (unpaired) electrons. The van der Waals surface area contributed by atoms with E-state index in [-0.39, 0.29) is 42.6 Å². The normalized spacial score (nSPS) is 13.6. The van der Waals surface area contributed by atoms with Crippen molar-refractivity contribution in [1.82, 2.24) is 43.8 Å². The van der Waals surface area contributed by atoms with Crippen LogP contribution in [0.2, 0.25) is 0 Å². The van der Waals surface area contributed by atoms with Crippen LogP contribution in [-0.2, 0) is 24.9 Å². The molecule has 14 heteroatoms. The molecule has 1 aliphatic rings. The van der Waals surface area contributed by atoms with Gasteiger partial charge < -0.3 is 19.5 Å². The van der Waals surface area contributed by atoms with Crippen LogP contribution in [0, 0.1) is 0 Å². The lowest BCUT2D eigenvalue weighted by atomic mass is 10.3. The lowest BCUT2D eigenvalue weighted by molar-refractivity contribution is -0.133. The van der Waals surface area contributed by atoms with Crippen molar-refractivity contribution in [2.75, 3.05) is 37.7 Å². The quantitative estimate of drug-likeness (QED) is 0.298. The van der Waals surface area contributed by atoms with Gasteiger partial charge in [-0.05, 0) is 6.07 Å². The summed E-state index contributed by atoms with van der Waals surface area (Å²) in [5, 5.41) is 4.33. The number of anilines is 1. The number of hydrogen-bond donors (Lipinski definition) is 1. The number of rotatable bonds is 9. The molecule has 0 aromatic carbocycles. The number of amides is 1. The second-order valence-electron chi connectivity index (χ2n) is 8.87. The molecule has 4 aromatic heterocycles. The van der Waals surface area contributed by atoms with Gasteiger partial charge in [0.2, 0.25) is 11.8 Å². The molecule has 1 N–H and O–H groups in total. The average Bonchev–Trinajstić information content (AvgIpc) is 3.56. The highest BCUT2D eigenvalue weighted by molar-refractivity contribution is 5.78. The molecule has 1 aliphatic heterocycles. The number of H-pyrrole nitrogens is 1. The molecule has 5 rings (SSSR count). The third kappa shape index (κ3) is 4.95. The minimum absolute atomic E-state index is 0.0614. The first-order valence-corrected chi connectivity index (χ1v) is 12.3. The second kappa shape index (κ2) is 10.8. The Labute approximate surface area is 222 Å². The molecule has 1 fully saturated rings. The zero-order valence-corrected chi connectivity index (χ0v) is 21.5. The molecule has 202 valence electrons. The van der Waals surface area contributed by atoms with Crippen molar-refractivity contribution in [2.24, 2.45) is 7.05 Å². The fourth-order valence-electron chi connectivity index (χ4n) is 4.44. The highest BCUT2D eigenvalue weighted by atomic mass is 16.5. The summed E-state index contributed by atoms with van der Waals surface area (Å²) < 4.78 is 9.66. The molecule has 0 unspecified atom stereocenters. The van der Waals surface area contributed by atoms with Crippen molar-refractivity contribution >= 4 is 23.0 Å². The van der Waals surface area contributed by atoms with E-state index in [9.17, 15) is 14.4 Å². The topological polar surface area (TPSA) is 149 Å². The minimum Gasteiger partial charge on any atom is -0.466 e. The molecular formula is C25H28N10O4. The Hall–Kier alpha value is -5.01. The first-order valence-electron chi connectivity index (χ1n) is 12.3. The summed E-state index contributed by atoms with van der Waals surface area (Å²) in [6.45, 7) is 9.69. The van der Waals surface area contributed by atoms with E-state index in [4.69, 9.17) is 4.74 Å². The minimum atomic E-state index is -0.505. The van der Waals surface area contributed by atoms with Gasteiger partial charge in [-0.1, -0.05) is 12.2 Å². The van der Waals surface area contributed by atoms with Crippen LogP contribution in [0.3, 0.4) is 0 Å². The van der Waals surface area contributed by atoms with Crippen LogP contribution in [0.25, 0.3) is 22.7 Å². The number of aromatic nitrogens is 8. The molecular weight excluding hydrogens is 504 g/mol. The first-order chi connectivity index (χ1) is 18.9. The van der Waals surface area contributed by atoms with Gasteiger partial charge in [0.25, 0.3) is 11.5 Å². The van der Waals surface area contributed by atoms with Crippen molar-refractivity contribution in [2.45, 2.75) is 13.1 Å². The first kappa shape index (κ1) is 25.6. The molecule has 0 spiro atoms. The maximum absolute atomic E-state index is 13.0. The van der Waals surface area contributed by atoms with Gasteiger partial charge in [0, 0.05) is 64.8 Å². The fraction of sp³-hybridized carbons (Fsp3) is 0.320. The fourth-order valence-corrected chi connectivity index (χ4v) is 4.44. The number of nitrogens with one attached hydrogen (secondary N) is 1. The van der Waals surface area contributed by atoms with E-state index in [1.165, 1.54) is 15.3 Å². The maximum atomic E-state index is 13.0. The number of piperazine rings is 1. The predicted octanol–water partition coefficient (Wildman–Crippen LogP) is 0.176. The number of aryl methyl sites for hydroxylation is 1. The van der Waals surface area contributed by atoms with Crippen molar-refractivity contribution < 1.29 is 9.53 Å². The predicted molar refractivity (Wildman–Crippen MR) is 144 cm³/mol. The van der Waals surface area contributed by atoms with Crippen LogP contribution in [0.1, 0.15) is 0 Å². The molecule has 0 atom stereocenters. The Balaban J connectivity index is 1.30. The zero-order chi connectivity index (χ0) is 27.5. The van der Waals surface area contributed by atoms with Crippen LogP contribution in [0.5, 0.6) is 5.88 Å². The Bertz CT molecular complexity index is 1640. The van der Waals surface area contributed by atoms with E-state index in [1.807, 2.05) is 4.90 Å². The van der Waals surface area contributed by atoms with Crippen molar-refractivity contribution in [3.63, 3.8) is 0 Å².